The fourth-order valence-corrected chi connectivity index (χ4v) is 6.09. The molecule has 4 N–H and O–H groups in total. The molecule has 3 aromatic carbocycles. The van der Waals surface area contributed by atoms with Crippen LogP contribution in [0.5, 0.6) is 5.75 Å². The van der Waals surface area contributed by atoms with Crippen LogP contribution in [0.25, 0.3) is 6.08 Å². The number of likely N-dealkylation sites (tertiary alicyclic amines) is 1. The Morgan fingerprint density at radius 1 is 1.10 bits per heavy atom. The van der Waals surface area contributed by atoms with E-state index in [0.717, 1.165) is 36.8 Å². The molecule has 0 aromatic heterocycles. The molecule has 1 fully saturated rings. The Labute approximate surface area is 245 Å². The number of nitrogens with two attached hydrogens (primary N) is 1. The van der Waals surface area contributed by atoms with E-state index < -0.39 is 21.7 Å². The largest absolute Gasteiger partial charge is 0.489 e. The number of nitrogens with one attached hydrogen (secondary N) is 1. The summed E-state index contributed by atoms with van der Waals surface area (Å²) < 4.78 is 33.2. The van der Waals surface area contributed by atoms with Crippen LogP contribution in [0.1, 0.15) is 29.5 Å². The first-order valence-corrected chi connectivity index (χ1v) is 15.1. The van der Waals surface area contributed by atoms with Gasteiger partial charge in [-0.3, -0.25) is 19.4 Å². The molecule has 4 rings (SSSR count). The van der Waals surface area contributed by atoms with Crippen molar-refractivity contribution in [2.24, 2.45) is 5.73 Å². The van der Waals surface area contributed by atoms with E-state index in [1.54, 1.807) is 48.6 Å². The molecule has 0 bridgehead atoms. The molecule has 9 nitrogen and oxygen atoms in total. The fourth-order valence-electron chi connectivity index (χ4n) is 4.65. The predicted molar refractivity (Wildman–Crippen MR) is 162 cm³/mol. The highest BCUT2D eigenvalue weighted by atomic mass is 35.5. The summed E-state index contributed by atoms with van der Waals surface area (Å²) in [4.78, 5) is 13.7. The fraction of sp³-hybridized carbons (Fsp3) is 0.267. The summed E-state index contributed by atoms with van der Waals surface area (Å²) in [6, 6.07) is 21.9. The molecule has 3 aromatic rings. The van der Waals surface area contributed by atoms with Gasteiger partial charge in [0.15, 0.2) is 5.75 Å². The van der Waals surface area contributed by atoms with Gasteiger partial charge >= 0.3 is 5.97 Å². The zero-order valence-corrected chi connectivity index (χ0v) is 24.0. The minimum atomic E-state index is -4.22. The molecule has 1 aliphatic heterocycles. The lowest BCUT2D eigenvalue weighted by Gasteiger charge is -2.32. The molecule has 0 unspecified atom stereocenters. The number of piperidine rings is 1. The lowest BCUT2D eigenvalue weighted by atomic mass is 10.1. The SMILES string of the molecule is N=C(N)c1cccc(/C=C/CN(c2ccc(OC3CCN(Cc4ccccc4)CC3)c(Cl)c2)S(=O)(=O)CC(=O)O)c1. The molecule has 1 saturated heterocycles. The van der Waals surface area contributed by atoms with Crippen molar-refractivity contribution < 1.29 is 23.1 Å². The van der Waals surface area contributed by atoms with Gasteiger partial charge in [0.05, 0.1) is 17.3 Å². The lowest BCUT2D eigenvalue weighted by Crippen LogP contribution is -2.37. The van der Waals surface area contributed by atoms with E-state index in [0.29, 0.717) is 16.9 Å². The molecule has 0 saturated carbocycles. The van der Waals surface area contributed by atoms with Crippen LogP contribution < -0.4 is 14.8 Å². The summed E-state index contributed by atoms with van der Waals surface area (Å²) in [6.07, 6.45) is 4.92. The molecule has 0 aliphatic carbocycles. The Hall–Kier alpha value is -3.86. The van der Waals surface area contributed by atoms with E-state index >= 15 is 0 Å². The normalized spacial score (nSPS) is 14.7. The lowest BCUT2D eigenvalue weighted by molar-refractivity contribution is -0.134. The molecular formula is C30H33ClN4O5S. The quantitative estimate of drug-likeness (QED) is 0.205. The maximum Gasteiger partial charge on any atom is 0.320 e. The van der Waals surface area contributed by atoms with Crippen LogP contribution in [-0.2, 0) is 21.4 Å². The second kappa shape index (κ2) is 13.7. The van der Waals surface area contributed by atoms with Crippen LogP contribution in [0.3, 0.4) is 0 Å². The summed E-state index contributed by atoms with van der Waals surface area (Å²) in [5.74, 6) is -2.17. The van der Waals surface area contributed by atoms with Crippen LogP contribution in [0.4, 0.5) is 5.69 Å². The maximum atomic E-state index is 13.0. The topological polar surface area (TPSA) is 137 Å². The third-order valence-corrected chi connectivity index (χ3v) is 8.64. The Morgan fingerprint density at radius 2 is 1.83 bits per heavy atom. The Bertz CT molecular complexity index is 1510. The third kappa shape index (κ3) is 8.56. The number of rotatable bonds is 12. The third-order valence-electron chi connectivity index (χ3n) is 6.70. The van der Waals surface area contributed by atoms with Gasteiger partial charge in [0.25, 0.3) is 0 Å². The number of amidine groups is 1. The number of benzene rings is 3. The predicted octanol–water partition coefficient (Wildman–Crippen LogP) is 4.60. The summed E-state index contributed by atoms with van der Waals surface area (Å²) in [7, 11) is -4.22. The number of ether oxygens (including phenoxy) is 1. The number of carboxylic acids is 1. The number of aliphatic carboxylic acids is 1. The van der Waals surface area contributed by atoms with E-state index in [4.69, 9.17) is 27.5 Å². The monoisotopic (exact) mass is 596 g/mol. The molecule has 0 spiro atoms. The molecule has 216 valence electrons. The second-order valence-electron chi connectivity index (χ2n) is 9.82. The van der Waals surface area contributed by atoms with Crippen molar-refractivity contribution in [2.45, 2.75) is 25.5 Å². The summed E-state index contributed by atoms with van der Waals surface area (Å²) in [5, 5.41) is 17.0. The molecule has 1 aliphatic rings. The highest BCUT2D eigenvalue weighted by Gasteiger charge is 2.26. The van der Waals surface area contributed by atoms with Gasteiger partial charge in [-0.15, -0.1) is 0 Å². The average Bonchev–Trinajstić information content (AvgIpc) is 2.93. The highest BCUT2D eigenvalue weighted by Crippen LogP contribution is 2.33. The average molecular weight is 597 g/mol. The van der Waals surface area contributed by atoms with Gasteiger partial charge in [0, 0.05) is 25.2 Å². The Morgan fingerprint density at radius 3 is 2.49 bits per heavy atom. The molecule has 0 atom stereocenters. The molecule has 11 heteroatoms. The summed E-state index contributed by atoms with van der Waals surface area (Å²) in [5.41, 5.74) is 8.29. The van der Waals surface area contributed by atoms with Gasteiger partial charge in [-0.25, -0.2) is 8.42 Å². The molecule has 1 heterocycles. The first-order valence-electron chi connectivity index (χ1n) is 13.2. The van der Waals surface area contributed by atoms with Crippen molar-refractivity contribution >= 4 is 45.2 Å². The van der Waals surface area contributed by atoms with Crippen molar-refractivity contribution in [3.63, 3.8) is 0 Å². The number of carbonyl (C=O) groups is 1. The van der Waals surface area contributed by atoms with Crippen molar-refractivity contribution in [2.75, 3.05) is 29.7 Å². The minimum absolute atomic E-state index is 0.0223. The van der Waals surface area contributed by atoms with Gasteiger partial charge in [0.1, 0.15) is 17.7 Å². The molecular weight excluding hydrogens is 564 g/mol. The van der Waals surface area contributed by atoms with Crippen LogP contribution in [-0.4, -0.2) is 61.7 Å². The first-order chi connectivity index (χ1) is 19.6. The van der Waals surface area contributed by atoms with E-state index in [1.807, 2.05) is 18.2 Å². The zero-order chi connectivity index (χ0) is 29.4. The van der Waals surface area contributed by atoms with E-state index in [9.17, 15) is 18.3 Å². The number of anilines is 1. The maximum absolute atomic E-state index is 13.0. The molecule has 0 amide bonds. The number of nitrogens with zero attached hydrogens (tertiary/aromatic N) is 2. The van der Waals surface area contributed by atoms with Crippen LogP contribution >= 0.6 is 11.6 Å². The number of halogens is 1. The Kier molecular flexibility index (Phi) is 10.0. The Balaban J connectivity index is 1.44. The highest BCUT2D eigenvalue weighted by molar-refractivity contribution is 7.93. The van der Waals surface area contributed by atoms with Crippen molar-refractivity contribution in [3.8, 4) is 5.75 Å². The minimum Gasteiger partial charge on any atom is -0.489 e. The number of sulfonamides is 1. The van der Waals surface area contributed by atoms with Gasteiger partial charge in [-0.2, -0.15) is 0 Å². The zero-order valence-electron chi connectivity index (χ0n) is 22.4. The van der Waals surface area contributed by atoms with Gasteiger partial charge in [-0.05, 0) is 48.2 Å². The summed E-state index contributed by atoms with van der Waals surface area (Å²) >= 11 is 6.54. The smallest absolute Gasteiger partial charge is 0.320 e. The number of hydrogen-bond acceptors (Lipinski definition) is 6. The van der Waals surface area contributed by atoms with E-state index in [-0.39, 0.29) is 29.2 Å². The van der Waals surface area contributed by atoms with Crippen LogP contribution in [0.15, 0.2) is 78.9 Å². The summed E-state index contributed by atoms with van der Waals surface area (Å²) in [6.45, 7) is 2.53. The molecule has 0 radical (unpaired) electrons. The number of carboxylic acid groups (broad SMARTS) is 1. The second-order valence-corrected chi connectivity index (χ2v) is 12.1. The molecule has 41 heavy (non-hydrogen) atoms. The van der Waals surface area contributed by atoms with Crippen molar-refractivity contribution in [3.05, 3.63) is 101 Å². The number of nitrogen functional groups attached to an aromatic ring is 1. The van der Waals surface area contributed by atoms with Crippen LogP contribution in [0.2, 0.25) is 5.02 Å². The van der Waals surface area contributed by atoms with Crippen molar-refractivity contribution in [1.82, 2.24) is 4.90 Å². The van der Waals surface area contributed by atoms with E-state index in [1.165, 1.54) is 11.6 Å². The number of hydrogen-bond donors (Lipinski definition) is 3. The first kappa shape index (κ1) is 30.1. The van der Waals surface area contributed by atoms with Gasteiger partial charge in [0.2, 0.25) is 10.0 Å². The van der Waals surface area contributed by atoms with Gasteiger partial charge in [-0.1, -0.05) is 72.3 Å². The van der Waals surface area contributed by atoms with Crippen molar-refractivity contribution in [1.29, 1.82) is 5.41 Å². The van der Waals surface area contributed by atoms with E-state index in [2.05, 4.69) is 17.0 Å². The van der Waals surface area contributed by atoms with Gasteiger partial charge < -0.3 is 15.6 Å². The van der Waals surface area contributed by atoms with Crippen LogP contribution in [0, 0.1) is 5.41 Å². The standard InChI is InChI=1S/C30H33ClN4O5S/c31-27-19-25(11-12-28(27)40-26-13-16-34(17-14-26)20-23-6-2-1-3-7-23)35(41(38,39)21-29(36)37)15-5-9-22-8-4-10-24(18-22)30(32)33/h1-12,18-19,26H,13-17,20-21H2,(H3,32,33)(H,36,37)/b9-5+.